The van der Waals surface area contributed by atoms with Gasteiger partial charge in [-0.05, 0) is 49.6 Å². The predicted molar refractivity (Wildman–Crippen MR) is 92.2 cm³/mol. The molecule has 0 bridgehead atoms. The highest BCUT2D eigenvalue weighted by atomic mass is 32.1. The standard InChI is InChI=1S/C18H18O3S/c1-12-10-13(21-9-5-4-8-19)11-16-17(12)18(20)14-6-2-3-7-15(14)22-16/h2-3,6-7,10-11,19H,4-5,8-9H2,1H3. The first kappa shape index (κ1) is 15.0. The van der Waals surface area contributed by atoms with Gasteiger partial charge in [0.25, 0.3) is 0 Å². The Kier molecular flexibility index (Phi) is 4.41. The summed E-state index contributed by atoms with van der Waals surface area (Å²) in [4.78, 5) is 12.7. The number of hydrogen-bond donors (Lipinski definition) is 1. The van der Waals surface area contributed by atoms with Crippen molar-refractivity contribution in [2.45, 2.75) is 19.8 Å². The van der Waals surface area contributed by atoms with Gasteiger partial charge < -0.3 is 9.84 Å². The summed E-state index contributed by atoms with van der Waals surface area (Å²) < 4.78 is 7.70. The second-order valence-corrected chi connectivity index (χ2v) is 6.40. The van der Waals surface area contributed by atoms with Crippen LogP contribution in [0.25, 0.3) is 20.2 Å². The maximum atomic E-state index is 12.7. The summed E-state index contributed by atoms with van der Waals surface area (Å²) in [5, 5.41) is 10.4. The fraction of sp³-hybridized carbons (Fsp3) is 0.278. The van der Waals surface area contributed by atoms with Gasteiger partial charge in [0.1, 0.15) is 5.75 Å². The van der Waals surface area contributed by atoms with Crippen molar-refractivity contribution in [3.05, 3.63) is 52.2 Å². The lowest BCUT2D eigenvalue weighted by Crippen LogP contribution is -2.04. The minimum Gasteiger partial charge on any atom is -0.494 e. The van der Waals surface area contributed by atoms with Gasteiger partial charge in [-0.15, -0.1) is 11.3 Å². The summed E-state index contributed by atoms with van der Waals surface area (Å²) in [6.07, 6.45) is 1.56. The summed E-state index contributed by atoms with van der Waals surface area (Å²) in [6.45, 7) is 2.72. The van der Waals surface area contributed by atoms with Crippen molar-refractivity contribution in [1.29, 1.82) is 0 Å². The van der Waals surface area contributed by atoms with Crippen molar-refractivity contribution in [3.8, 4) is 5.75 Å². The highest BCUT2D eigenvalue weighted by Gasteiger charge is 2.10. The average molecular weight is 314 g/mol. The van der Waals surface area contributed by atoms with Gasteiger partial charge in [-0.2, -0.15) is 0 Å². The van der Waals surface area contributed by atoms with E-state index in [1.807, 2.05) is 43.3 Å². The molecule has 0 saturated carbocycles. The zero-order valence-corrected chi connectivity index (χ0v) is 13.3. The molecule has 1 heterocycles. The number of hydrogen-bond acceptors (Lipinski definition) is 4. The van der Waals surface area contributed by atoms with E-state index in [4.69, 9.17) is 9.84 Å². The quantitative estimate of drug-likeness (QED) is 0.574. The van der Waals surface area contributed by atoms with Crippen molar-refractivity contribution < 1.29 is 9.84 Å². The van der Waals surface area contributed by atoms with E-state index in [1.54, 1.807) is 11.3 Å². The van der Waals surface area contributed by atoms with Crippen LogP contribution in [0.5, 0.6) is 5.75 Å². The lowest BCUT2D eigenvalue weighted by Gasteiger charge is -2.09. The molecule has 2 aromatic carbocycles. The molecular formula is C18H18O3S. The Morgan fingerprint density at radius 2 is 1.95 bits per heavy atom. The van der Waals surface area contributed by atoms with Crippen molar-refractivity contribution >= 4 is 31.5 Å². The van der Waals surface area contributed by atoms with Gasteiger partial charge in [-0.25, -0.2) is 0 Å². The van der Waals surface area contributed by atoms with Crippen LogP contribution in [0.2, 0.25) is 0 Å². The predicted octanol–water partition coefficient (Wildman–Crippen LogP) is 3.87. The molecule has 1 N–H and O–H groups in total. The molecule has 0 fully saturated rings. The monoisotopic (exact) mass is 314 g/mol. The van der Waals surface area contributed by atoms with Crippen LogP contribution in [-0.2, 0) is 0 Å². The molecule has 0 aliphatic carbocycles. The second-order valence-electron chi connectivity index (χ2n) is 5.32. The molecule has 0 radical (unpaired) electrons. The number of unbranched alkanes of at least 4 members (excludes halogenated alkanes) is 1. The highest BCUT2D eigenvalue weighted by molar-refractivity contribution is 7.24. The molecule has 0 aliphatic rings. The summed E-state index contributed by atoms with van der Waals surface area (Å²) in [7, 11) is 0. The summed E-state index contributed by atoms with van der Waals surface area (Å²) in [5.74, 6) is 0.786. The lowest BCUT2D eigenvalue weighted by atomic mass is 10.1. The minimum atomic E-state index is 0.0914. The molecule has 0 spiro atoms. The van der Waals surface area contributed by atoms with Crippen molar-refractivity contribution in [1.82, 2.24) is 0 Å². The van der Waals surface area contributed by atoms with Crippen LogP contribution in [-0.4, -0.2) is 18.3 Å². The lowest BCUT2D eigenvalue weighted by molar-refractivity contribution is 0.253. The van der Waals surface area contributed by atoms with Crippen LogP contribution in [0.3, 0.4) is 0 Å². The molecule has 3 rings (SSSR count). The van der Waals surface area contributed by atoms with Crippen LogP contribution < -0.4 is 10.2 Å². The van der Waals surface area contributed by atoms with E-state index in [9.17, 15) is 4.79 Å². The number of fused-ring (bicyclic) bond motifs is 2. The molecule has 22 heavy (non-hydrogen) atoms. The number of aryl methyl sites for hydroxylation is 1. The molecule has 3 nitrogen and oxygen atoms in total. The zero-order chi connectivity index (χ0) is 15.5. The maximum absolute atomic E-state index is 12.7. The van der Waals surface area contributed by atoms with E-state index in [0.29, 0.717) is 6.61 Å². The van der Waals surface area contributed by atoms with Gasteiger partial charge in [-0.1, -0.05) is 12.1 Å². The van der Waals surface area contributed by atoms with Crippen molar-refractivity contribution in [2.75, 3.05) is 13.2 Å². The van der Waals surface area contributed by atoms with Crippen LogP contribution in [0, 0.1) is 6.92 Å². The number of aliphatic hydroxyl groups is 1. The second kappa shape index (κ2) is 6.46. The van der Waals surface area contributed by atoms with E-state index >= 15 is 0 Å². The molecule has 3 aromatic rings. The molecule has 0 amide bonds. The van der Waals surface area contributed by atoms with E-state index in [-0.39, 0.29) is 12.0 Å². The Hall–Kier alpha value is -1.91. The average Bonchev–Trinajstić information content (AvgIpc) is 2.51. The third-order valence-electron chi connectivity index (χ3n) is 3.67. The Labute approximate surface area is 132 Å². The molecule has 0 aliphatic heterocycles. The topological polar surface area (TPSA) is 46.5 Å². The minimum absolute atomic E-state index is 0.0914. The first-order valence-electron chi connectivity index (χ1n) is 7.40. The molecule has 0 atom stereocenters. The van der Waals surface area contributed by atoms with E-state index in [2.05, 4.69) is 0 Å². The number of ether oxygens (including phenoxy) is 1. The smallest absolute Gasteiger partial charge is 0.196 e. The highest BCUT2D eigenvalue weighted by Crippen LogP contribution is 2.30. The van der Waals surface area contributed by atoms with Crippen molar-refractivity contribution in [2.24, 2.45) is 0 Å². The molecule has 4 heteroatoms. The Balaban J connectivity index is 2.06. The van der Waals surface area contributed by atoms with Gasteiger partial charge in [0, 0.05) is 26.8 Å². The Bertz CT molecular complexity index is 867. The van der Waals surface area contributed by atoms with Gasteiger partial charge in [0.15, 0.2) is 5.43 Å². The molecular weight excluding hydrogens is 296 g/mol. The van der Waals surface area contributed by atoms with Crippen LogP contribution in [0.1, 0.15) is 18.4 Å². The van der Waals surface area contributed by atoms with Crippen molar-refractivity contribution in [3.63, 3.8) is 0 Å². The third-order valence-corrected chi connectivity index (χ3v) is 4.79. The van der Waals surface area contributed by atoms with E-state index < -0.39 is 0 Å². The van der Waals surface area contributed by atoms with Gasteiger partial charge in [0.2, 0.25) is 0 Å². The Morgan fingerprint density at radius 3 is 2.77 bits per heavy atom. The largest absolute Gasteiger partial charge is 0.494 e. The molecule has 0 unspecified atom stereocenters. The summed E-state index contributed by atoms with van der Waals surface area (Å²) in [6, 6.07) is 11.6. The fourth-order valence-corrected chi connectivity index (χ4v) is 3.76. The number of aliphatic hydroxyl groups excluding tert-OH is 1. The zero-order valence-electron chi connectivity index (χ0n) is 12.5. The van der Waals surface area contributed by atoms with Gasteiger partial charge in [-0.3, -0.25) is 4.79 Å². The maximum Gasteiger partial charge on any atom is 0.196 e. The third kappa shape index (κ3) is 2.85. The van der Waals surface area contributed by atoms with Crippen LogP contribution in [0.4, 0.5) is 0 Å². The van der Waals surface area contributed by atoms with E-state index in [1.165, 1.54) is 0 Å². The SMILES string of the molecule is Cc1cc(OCCCCO)cc2sc3ccccc3c(=O)c12. The van der Waals surface area contributed by atoms with E-state index in [0.717, 1.165) is 44.3 Å². The Morgan fingerprint density at radius 1 is 1.14 bits per heavy atom. The molecule has 0 saturated heterocycles. The van der Waals surface area contributed by atoms with Crippen LogP contribution >= 0.6 is 11.3 Å². The summed E-state index contributed by atoms with van der Waals surface area (Å²) >= 11 is 1.62. The number of rotatable bonds is 5. The number of benzene rings is 2. The molecule has 1 aromatic heterocycles. The first-order valence-corrected chi connectivity index (χ1v) is 8.22. The summed E-state index contributed by atoms with van der Waals surface area (Å²) in [5.41, 5.74) is 1.04. The van der Waals surface area contributed by atoms with Crippen LogP contribution in [0.15, 0.2) is 41.2 Å². The van der Waals surface area contributed by atoms with Gasteiger partial charge in [0.05, 0.1) is 6.61 Å². The normalized spacial score (nSPS) is 11.2. The fourth-order valence-electron chi connectivity index (χ4n) is 2.58. The van der Waals surface area contributed by atoms with Gasteiger partial charge >= 0.3 is 0 Å². The molecule has 114 valence electrons. The first-order chi connectivity index (χ1) is 10.7.